The molecule has 0 saturated carbocycles. The van der Waals surface area contributed by atoms with Gasteiger partial charge in [-0.05, 0) is 0 Å². The molecule has 0 aliphatic heterocycles. The van der Waals surface area contributed by atoms with Crippen LogP contribution >= 0.6 is 0 Å². The zero-order valence-electron chi connectivity index (χ0n) is 8.79. The summed E-state index contributed by atoms with van der Waals surface area (Å²) in [6.45, 7) is 1.79. The molecule has 0 aliphatic rings. The maximum absolute atomic E-state index is 11.2. The number of rotatable bonds is 3. The van der Waals surface area contributed by atoms with Crippen LogP contribution in [0, 0.1) is 0 Å². The number of nitrogens with one attached hydrogen (secondary N) is 1. The van der Waals surface area contributed by atoms with Gasteiger partial charge in [0.15, 0.2) is 0 Å². The van der Waals surface area contributed by atoms with Gasteiger partial charge in [-0.25, -0.2) is 15.0 Å². The summed E-state index contributed by atoms with van der Waals surface area (Å²) < 4.78 is 1.74. The van der Waals surface area contributed by atoms with E-state index in [0.29, 0.717) is 18.1 Å². The lowest BCUT2D eigenvalue weighted by molar-refractivity contribution is -0.115. The summed E-state index contributed by atoms with van der Waals surface area (Å²) >= 11 is 0. The first-order valence-corrected chi connectivity index (χ1v) is 4.90. The SMILES string of the molecule is CCC(=O)Nc1cc(-n2ccnc2)ncn1. The monoisotopic (exact) mass is 217 g/mol. The third-order valence-electron chi connectivity index (χ3n) is 2.01. The molecule has 0 fully saturated rings. The summed E-state index contributed by atoms with van der Waals surface area (Å²) in [6, 6.07) is 1.69. The maximum Gasteiger partial charge on any atom is 0.225 e. The van der Waals surface area contributed by atoms with Gasteiger partial charge in [0, 0.05) is 24.9 Å². The third-order valence-corrected chi connectivity index (χ3v) is 2.01. The van der Waals surface area contributed by atoms with Crippen molar-refractivity contribution in [1.29, 1.82) is 0 Å². The van der Waals surface area contributed by atoms with E-state index in [1.165, 1.54) is 6.33 Å². The third kappa shape index (κ3) is 2.22. The van der Waals surface area contributed by atoms with Gasteiger partial charge in [-0.15, -0.1) is 0 Å². The summed E-state index contributed by atoms with van der Waals surface area (Å²) in [5.74, 6) is 1.08. The zero-order chi connectivity index (χ0) is 11.4. The van der Waals surface area contributed by atoms with E-state index < -0.39 is 0 Å². The van der Waals surface area contributed by atoms with Crippen LogP contribution in [-0.4, -0.2) is 25.4 Å². The fourth-order valence-electron chi connectivity index (χ4n) is 1.18. The van der Waals surface area contributed by atoms with Gasteiger partial charge in [-0.2, -0.15) is 0 Å². The minimum absolute atomic E-state index is 0.0738. The molecule has 0 saturated heterocycles. The topological polar surface area (TPSA) is 72.7 Å². The van der Waals surface area contributed by atoms with Crippen molar-refractivity contribution in [3.8, 4) is 5.82 Å². The Labute approximate surface area is 92.4 Å². The lowest BCUT2D eigenvalue weighted by Crippen LogP contribution is -2.11. The van der Waals surface area contributed by atoms with Gasteiger partial charge in [0.25, 0.3) is 0 Å². The second kappa shape index (κ2) is 4.52. The molecule has 2 rings (SSSR count). The average Bonchev–Trinajstić information content (AvgIpc) is 2.83. The first kappa shape index (κ1) is 10.3. The highest BCUT2D eigenvalue weighted by Gasteiger charge is 2.03. The van der Waals surface area contributed by atoms with Crippen molar-refractivity contribution in [3.05, 3.63) is 31.1 Å². The van der Waals surface area contributed by atoms with Crippen LogP contribution in [-0.2, 0) is 4.79 Å². The number of hydrogen-bond acceptors (Lipinski definition) is 4. The van der Waals surface area contributed by atoms with Crippen LogP contribution in [0.2, 0.25) is 0 Å². The van der Waals surface area contributed by atoms with Crippen molar-refractivity contribution in [1.82, 2.24) is 19.5 Å². The van der Waals surface area contributed by atoms with Crippen molar-refractivity contribution in [2.75, 3.05) is 5.32 Å². The molecular formula is C10H11N5O. The molecule has 0 spiro atoms. The molecule has 0 radical (unpaired) electrons. The van der Waals surface area contributed by atoms with Crippen LogP contribution in [0.25, 0.3) is 5.82 Å². The Bertz CT molecular complexity index is 480. The number of carbonyl (C=O) groups is 1. The highest BCUT2D eigenvalue weighted by atomic mass is 16.1. The molecule has 2 heterocycles. The molecule has 1 N–H and O–H groups in total. The predicted molar refractivity (Wildman–Crippen MR) is 58.1 cm³/mol. The molecule has 6 heteroatoms. The maximum atomic E-state index is 11.2. The smallest absolute Gasteiger partial charge is 0.225 e. The van der Waals surface area contributed by atoms with E-state index in [9.17, 15) is 4.79 Å². The van der Waals surface area contributed by atoms with Gasteiger partial charge in [-0.1, -0.05) is 6.92 Å². The average molecular weight is 217 g/mol. The fraction of sp³-hybridized carbons (Fsp3) is 0.200. The van der Waals surface area contributed by atoms with Crippen molar-refractivity contribution < 1.29 is 4.79 Å². The Balaban J connectivity index is 2.23. The van der Waals surface area contributed by atoms with E-state index in [4.69, 9.17) is 0 Å². The second-order valence-corrected chi connectivity index (χ2v) is 3.13. The Morgan fingerprint density at radius 1 is 1.50 bits per heavy atom. The molecular weight excluding hydrogens is 206 g/mol. The first-order valence-electron chi connectivity index (χ1n) is 4.90. The normalized spacial score (nSPS) is 10.1. The van der Waals surface area contributed by atoms with E-state index in [1.807, 2.05) is 0 Å². The minimum atomic E-state index is -0.0738. The highest BCUT2D eigenvalue weighted by molar-refractivity contribution is 5.89. The number of aromatic nitrogens is 4. The lowest BCUT2D eigenvalue weighted by atomic mass is 10.4. The Hall–Kier alpha value is -2.24. The van der Waals surface area contributed by atoms with E-state index in [-0.39, 0.29) is 5.91 Å². The molecule has 16 heavy (non-hydrogen) atoms. The quantitative estimate of drug-likeness (QED) is 0.832. The van der Waals surface area contributed by atoms with Crippen molar-refractivity contribution in [3.63, 3.8) is 0 Å². The van der Waals surface area contributed by atoms with Gasteiger partial charge >= 0.3 is 0 Å². The van der Waals surface area contributed by atoms with E-state index in [0.717, 1.165) is 0 Å². The lowest BCUT2D eigenvalue weighted by Gasteiger charge is -2.04. The number of anilines is 1. The van der Waals surface area contributed by atoms with Crippen LogP contribution in [0.1, 0.15) is 13.3 Å². The van der Waals surface area contributed by atoms with Crippen LogP contribution in [0.3, 0.4) is 0 Å². The fourth-order valence-corrected chi connectivity index (χ4v) is 1.18. The molecule has 0 atom stereocenters. The molecule has 6 nitrogen and oxygen atoms in total. The van der Waals surface area contributed by atoms with E-state index >= 15 is 0 Å². The van der Waals surface area contributed by atoms with Gasteiger partial charge in [0.1, 0.15) is 24.3 Å². The number of amides is 1. The molecule has 2 aromatic heterocycles. The van der Waals surface area contributed by atoms with Crippen molar-refractivity contribution in [2.45, 2.75) is 13.3 Å². The van der Waals surface area contributed by atoms with E-state index in [1.54, 1.807) is 36.3 Å². The summed E-state index contributed by atoms with van der Waals surface area (Å²) in [5, 5.41) is 2.67. The van der Waals surface area contributed by atoms with Gasteiger partial charge in [0.05, 0.1) is 0 Å². The van der Waals surface area contributed by atoms with Crippen LogP contribution < -0.4 is 5.32 Å². The second-order valence-electron chi connectivity index (χ2n) is 3.13. The molecule has 0 unspecified atom stereocenters. The van der Waals surface area contributed by atoms with E-state index in [2.05, 4.69) is 20.3 Å². The molecule has 2 aromatic rings. The number of imidazole rings is 1. The van der Waals surface area contributed by atoms with Crippen molar-refractivity contribution >= 4 is 11.7 Å². The van der Waals surface area contributed by atoms with Gasteiger partial charge < -0.3 is 5.32 Å². The summed E-state index contributed by atoms with van der Waals surface area (Å²) in [4.78, 5) is 23.1. The standard InChI is InChI=1S/C10H11N5O/c1-2-10(16)14-8-5-9(13-6-12-8)15-4-3-11-7-15/h3-7H,2H2,1H3,(H,12,13,14,16). The van der Waals surface area contributed by atoms with Crippen LogP contribution in [0.5, 0.6) is 0 Å². The first-order chi connectivity index (χ1) is 7.79. The Morgan fingerprint density at radius 3 is 3.06 bits per heavy atom. The van der Waals surface area contributed by atoms with Crippen molar-refractivity contribution in [2.24, 2.45) is 0 Å². The largest absolute Gasteiger partial charge is 0.311 e. The van der Waals surface area contributed by atoms with Crippen LogP contribution in [0.15, 0.2) is 31.1 Å². The van der Waals surface area contributed by atoms with Crippen LogP contribution in [0.4, 0.5) is 5.82 Å². The molecule has 0 bridgehead atoms. The summed E-state index contributed by atoms with van der Waals surface area (Å²) in [6.07, 6.45) is 6.89. The molecule has 0 aliphatic carbocycles. The zero-order valence-corrected chi connectivity index (χ0v) is 8.79. The number of nitrogens with zero attached hydrogens (tertiary/aromatic N) is 4. The molecule has 82 valence electrons. The number of hydrogen-bond donors (Lipinski definition) is 1. The predicted octanol–water partition coefficient (Wildman–Crippen LogP) is 1.01. The summed E-state index contributed by atoms with van der Waals surface area (Å²) in [5.41, 5.74) is 0. The Morgan fingerprint density at radius 2 is 2.38 bits per heavy atom. The molecule has 1 amide bonds. The van der Waals surface area contributed by atoms with Gasteiger partial charge in [0.2, 0.25) is 5.91 Å². The Kier molecular flexibility index (Phi) is 2.90. The number of carbonyl (C=O) groups excluding carboxylic acids is 1. The highest BCUT2D eigenvalue weighted by Crippen LogP contribution is 2.08. The summed E-state index contributed by atoms with van der Waals surface area (Å²) in [7, 11) is 0. The minimum Gasteiger partial charge on any atom is -0.311 e. The van der Waals surface area contributed by atoms with Gasteiger partial charge in [-0.3, -0.25) is 9.36 Å². The molecule has 0 aromatic carbocycles.